The van der Waals surface area contributed by atoms with E-state index in [1.54, 1.807) is 0 Å². The normalized spacial score (nSPS) is 10.4. The molecule has 0 unspecified atom stereocenters. The maximum atomic E-state index is 9.13. The van der Waals surface area contributed by atoms with E-state index in [1.165, 1.54) is 0 Å². The van der Waals surface area contributed by atoms with Crippen molar-refractivity contribution < 1.29 is 4.74 Å². The van der Waals surface area contributed by atoms with Crippen LogP contribution in [0.2, 0.25) is 0 Å². The number of ether oxygens (including phenoxy) is 1. The summed E-state index contributed by atoms with van der Waals surface area (Å²) in [5, 5.41) is 10.2. The van der Waals surface area contributed by atoms with E-state index in [2.05, 4.69) is 22.9 Å². The van der Waals surface area contributed by atoms with Gasteiger partial charge in [0.15, 0.2) is 0 Å². The molecule has 0 aliphatic heterocycles. The minimum atomic E-state index is 0.452. The van der Waals surface area contributed by atoms with E-state index >= 15 is 0 Å². The topological polar surface area (TPSA) is 49.1 Å². The molecule has 0 radical (unpaired) electrons. The lowest BCUT2D eigenvalue weighted by atomic mass is 10.1. The van der Waals surface area contributed by atoms with E-state index in [-0.39, 0.29) is 0 Å². The number of para-hydroxylation sites is 1. The highest BCUT2D eigenvalue weighted by atomic mass is 16.5. The minimum absolute atomic E-state index is 0.452. The predicted molar refractivity (Wildman–Crippen MR) is 80.8 cm³/mol. The van der Waals surface area contributed by atoms with Crippen LogP contribution < -0.4 is 4.90 Å². The van der Waals surface area contributed by atoms with Gasteiger partial charge < -0.3 is 9.64 Å². The standard InChI is InChI=1S/C16H19N3O/c1-3-19(9-10-20-4-2)16-11-13(12-17)18-15-8-6-5-7-14(15)16/h5-8,11H,3-4,9-10H2,1-2H3. The van der Waals surface area contributed by atoms with Crippen molar-refractivity contribution in [1.29, 1.82) is 5.26 Å². The Balaban J connectivity index is 2.42. The van der Waals surface area contributed by atoms with Crippen LogP contribution in [0.1, 0.15) is 19.5 Å². The monoisotopic (exact) mass is 269 g/mol. The first kappa shape index (κ1) is 14.3. The van der Waals surface area contributed by atoms with E-state index in [9.17, 15) is 0 Å². The van der Waals surface area contributed by atoms with Gasteiger partial charge in [0, 0.05) is 30.8 Å². The largest absolute Gasteiger partial charge is 0.380 e. The Hall–Kier alpha value is -2.12. The summed E-state index contributed by atoms with van der Waals surface area (Å²) in [5.74, 6) is 0. The fraction of sp³-hybridized carbons (Fsp3) is 0.375. The van der Waals surface area contributed by atoms with Crippen molar-refractivity contribution in [2.24, 2.45) is 0 Å². The van der Waals surface area contributed by atoms with E-state index in [4.69, 9.17) is 10.00 Å². The molecule has 2 rings (SSSR count). The number of benzene rings is 1. The molecule has 1 aromatic carbocycles. The number of likely N-dealkylation sites (N-methyl/N-ethyl adjacent to an activating group) is 1. The summed E-state index contributed by atoms with van der Waals surface area (Å²) < 4.78 is 5.43. The Bertz CT molecular complexity index is 619. The zero-order chi connectivity index (χ0) is 14.4. The molecule has 0 fully saturated rings. The van der Waals surface area contributed by atoms with E-state index < -0.39 is 0 Å². The first-order chi connectivity index (χ1) is 9.80. The summed E-state index contributed by atoms with van der Waals surface area (Å²) in [7, 11) is 0. The number of pyridine rings is 1. The molecule has 0 N–H and O–H groups in total. The van der Waals surface area contributed by atoms with Crippen molar-refractivity contribution in [3.63, 3.8) is 0 Å². The third kappa shape index (κ3) is 3.06. The molecule has 0 aliphatic rings. The second-order valence-corrected chi connectivity index (χ2v) is 4.43. The van der Waals surface area contributed by atoms with Crippen LogP contribution in [-0.2, 0) is 4.74 Å². The van der Waals surface area contributed by atoms with Crippen molar-refractivity contribution in [2.75, 3.05) is 31.2 Å². The Morgan fingerprint density at radius 3 is 2.80 bits per heavy atom. The number of hydrogen-bond acceptors (Lipinski definition) is 4. The van der Waals surface area contributed by atoms with Gasteiger partial charge in [-0.1, -0.05) is 18.2 Å². The fourth-order valence-corrected chi connectivity index (χ4v) is 2.24. The maximum absolute atomic E-state index is 9.13. The van der Waals surface area contributed by atoms with Crippen LogP contribution in [0.3, 0.4) is 0 Å². The fourth-order valence-electron chi connectivity index (χ4n) is 2.24. The highest BCUT2D eigenvalue weighted by molar-refractivity contribution is 5.92. The number of aromatic nitrogens is 1. The molecule has 20 heavy (non-hydrogen) atoms. The first-order valence-corrected chi connectivity index (χ1v) is 6.92. The van der Waals surface area contributed by atoms with E-state index in [1.807, 2.05) is 37.3 Å². The molecule has 0 spiro atoms. The summed E-state index contributed by atoms with van der Waals surface area (Å²) in [4.78, 5) is 6.57. The van der Waals surface area contributed by atoms with Crippen LogP contribution in [0.5, 0.6) is 0 Å². The Kier molecular flexibility index (Phi) is 4.91. The van der Waals surface area contributed by atoms with Gasteiger partial charge in [0.1, 0.15) is 11.8 Å². The molecule has 104 valence electrons. The molecular formula is C16H19N3O. The summed E-state index contributed by atoms with van der Waals surface area (Å²) in [6, 6.07) is 11.9. The van der Waals surface area contributed by atoms with Gasteiger partial charge in [-0.15, -0.1) is 0 Å². The molecule has 2 aromatic rings. The van der Waals surface area contributed by atoms with E-state index in [0.29, 0.717) is 12.3 Å². The number of fused-ring (bicyclic) bond motifs is 1. The molecule has 0 bridgehead atoms. The zero-order valence-electron chi connectivity index (χ0n) is 12.0. The van der Waals surface area contributed by atoms with Gasteiger partial charge in [-0.25, -0.2) is 4.98 Å². The van der Waals surface area contributed by atoms with Crippen molar-refractivity contribution in [3.05, 3.63) is 36.0 Å². The summed E-state index contributed by atoms with van der Waals surface area (Å²) in [6.45, 7) is 7.18. The lowest BCUT2D eigenvalue weighted by Gasteiger charge is -2.24. The number of nitriles is 1. The van der Waals surface area contributed by atoms with Crippen molar-refractivity contribution >= 4 is 16.6 Å². The zero-order valence-corrected chi connectivity index (χ0v) is 12.0. The molecule has 4 heteroatoms. The quantitative estimate of drug-likeness (QED) is 0.756. The van der Waals surface area contributed by atoms with Gasteiger partial charge in [0.05, 0.1) is 12.1 Å². The Labute approximate surface area is 119 Å². The average Bonchev–Trinajstić information content (AvgIpc) is 2.50. The summed E-state index contributed by atoms with van der Waals surface area (Å²) in [5.41, 5.74) is 2.36. The highest BCUT2D eigenvalue weighted by Crippen LogP contribution is 2.26. The van der Waals surface area contributed by atoms with Crippen LogP contribution in [0.25, 0.3) is 10.9 Å². The van der Waals surface area contributed by atoms with Crippen LogP contribution in [0.4, 0.5) is 5.69 Å². The smallest absolute Gasteiger partial charge is 0.143 e. The van der Waals surface area contributed by atoms with Crippen LogP contribution in [0.15, 0.2) is 30.3 Å². The van der Waals surface area contributed by atoms with Gasteiger partial charge in [0.25, 0.3) is 0 Å². The van der Waals surface area contributed by atoms with Crippen molar-refractivity contribution in [1.82, 2.24) is 4.98 Å². The molecule has 4 nitrogen and oxygen atoms in total. The second-order valence-electron chi connectivity index (χ2n) is 4.43. The number of hydrogen-bond donors (Lipinski definition) is 0. The SMILES string of the molecule is CCOCCN(CC)c1cc(C#N)nc2ccccc12. The van der Waals surface area contributed by atoms with Gasteiger partial charge in [-0.3, -0.25) is 0 Å². The molecule has 0 aliphatic carbocycles. The van der Waals surface area contributed by atoms with Crippen LogP contribution in [0, 0.1) is 11.3 Å². The molecular weight excluding hydrogens is 250 g/mol. The van der Waals surface area contributed by atoms with Crippen LogP contribution in [-0.4, -0.2) is 31.3 Å². The van der Waals surface area contributed by atoms with Gasteiger partial charge >= 0.3 is 0 Å². The summed E-state index contributed by atoms with van der Waals surface area (Å²) >= 11 is 0. The number of nitrogens with zero attached hydrogens (tertiary/aromatic N) is 3. The van der Waals surface area contributed by atoms with Crippen LogP contribution >= 0.6 is 0 Å². The van der Waals surface area contributed by atoms with Crippen molar-refractivity contribution in [3.8, 4) is 6.07 Å². The molecule has 0 saturated heterocycles. The van der Waals surface area contributed by atoms with Crippen molar-refractivity contribution in [2.45, 2.75) is 13.8 Å². The number of anilines is 1. The third-order valence-electron chi connectivity index (χ3n) is 3.24. The number of rotatable bonds is 6. The lowest BCUT2D eigenvalue weighted by molar-refractivity contribution is 0.154. The molecule has 0 amide bonds. The minimum Gasteiger partial charge on any atom is -0.380 e. The van der Waals surface area contributed by atoms with E-state index in [0.717, 1.165) is 36.3 Å². The highest BCUT2D eigenvalue weighted by Gasteiger charge is 2.11. The molecule has 1 aromatic heterocycles. The predicted octanol–water partition coefficient (Wildman–Crippen LogP) is 2.97. The molecule has 0 saturated carbocycles. The summed E-state index contributed by atoms with van der Waals surface area (Å²) in [6.07, 6.45) is 0. The average molecular weight is 269 g/mol. The lowest BCUT2D eigenvalue weighted by Crippen LogP contribution is -2.27. The second kappa shape index (κ2) is 6.88. The Morgan fingerprint density at radius 1 is 1.30 bits per heavy atom. The Morgan fingerprint density at radius 2 is 2.10 bits per heavy atom. The third-order valence-corrected chi connectivity index (χ3v) is 3.24. The van der Waals surface area contributed by atoms with Gasteiger partial charge in [0.2, 0.25) is 0 Å². The molecule has 0 atom stereocenters. The van der Waals surface area contributed by atoms with Gasteiger partial charge in [-0.05, 0) is 26.0 Å². The van der Waals surface area contributed by atoms with Gasteiger partial charge in [-0.2, -0.15) is 5.26 Å². The first-order valence-electron chi connectivity index (χ1n) is 6.92. The maximum Gasteiger partial charge on any atom is 0.143 e. The molecule has 1 heterocycles.